The second kappa shape index (κ2) is 15.8. The van der Waals surface area contributed by atoms with Gasteiger partial charge in [0, 0.05) is 19.0 Å². The lowest BCUT2D eigenvalue weighted by atomic mass is 10.0. The molecule has 4 rings (SSSR count). The van der Waals surface area contributed by atoms with Crippen LogP contribution in [0, 0.1) is 20.8 Å². The normalized spacial score (nSPS) is 12.6. The van der Waals surface area contributed by atoms with Gasteiger partial charge in [0.2, 0.25) is 11.8 Å². The van der Waals surface area contributed by atoms with Crippen LogP contribution in [0.1, 0.15) is 48.1 Å². The summed E-state index contributed by atoms with van der Waals surface area (Å²) >= 11 is 0. The van der Waals surface area contributed by atoms with Gasteiger partial charge < -0.3 is 15.0 Å². The average Bonchev–Trinajstić information content (AvgIpc) is 3.06. The number of ether oxygens (including phenoxy) is 1. The molecule has 248 valence electrons. The summed E-state index contributed by atoms with van der Waals surface area (Å²) in [7, 11) is -2.79. The van der Waals surface area contributed by atoms with Crippen molar-refractivity contribution in [3.63, 3.8) is 0 Å². The highest BCUT2D eigenvalue weighted by Crippen LogP contribution is 2.34. The van der Waals surface area contributed by atoms with Crippen LogP contribution in [0.15, 0.2) is 102 Å². The van der Waals surface area contributed by atoms with Crippen LogP contribution in [-0.4, -0.2) is 50.9 Å². The number of sulfonamides is 1. The van der Waals surface area contributed by atoms with Crippen LogP contribution < -0.4 is 14.4 Å². The first kappa shape index (κ1) is 35.2. The summed E-state index contributed by atoms with van der Waals surface area (Å²) in [6.45, 7) is 9.14. The Kier molecular flexibility index (Phi) is 11.8. The van der Waals surface area contributed by atoms with Crippen molar-refractivity contribution in [3.05, 3.63) is 125 Å². The molecule has 0 spiro atoms. The van der Waals surface area contributed by atoms with E-state index in [0.717, 1.165) is 32.1 Å². The Labute approximate surface area is 279 Å². The van der Waals surface area contributed by atoms with Gasteiger partial charge in [-0.05, 0) is 80.6 Å². The first-order valence-electron chi connectivity index (χ1n) is 15.9. The molecule has 9 heteroatoms. The fourth-order valence-electron chi connectivity index (χ4n) is 5.31. The molecule has 2 amide bonds. The topological polar surface area (TPSA) is 96.0 Å². The maximum atomic E-state index is 14.7. The van der Waals surface area contributed by atoms with E-state index in [-0.39, 0.29) is 35.5 Å². The van der Waals surface area contributed by atoms with Crippen molar-refractivity contribution >= 4 is 27.5 Å². The summed E-state index contributed by atoms with van der Waals surface area (Å²) in [6.07, 6.45) is 0.963. The van der Waals surface area contributed by atoms with Crippen LogP contribution in [0.4, 0.5) is 5.69 Å². The second-order valence-corrected chi connectivity index (χ2v) is 13.8. The zero-order valence-electron chi connectivity index (χ0n) is 28.1. The summed E-state index contributed by atoms with van der Waals surface area (Å²) in [4.78, 5) is 30.3. The smallest absolute Gasteiger partial charge is 0.264 e. The Balaban J connectivity index is 1.87. The van der Waals surface area contributed by atoms with E-state index in [1.807, 2.05) is 95.3 Å². The fraction of sp³-hybridized carbons (Fsp3) is 0.316. The summed E-state index contributed by atoms with van der Waals surface area (Å²) < 4.78 is 35.5. The molecule has 0 heterocycles. The summed E-state index contributed by atoms with van der Waals surface area (Å²) in [5.74, 6) is -0.515. The molecule has 0 aliphatic heterocycles. The van der Waals surface area contributed by atoms with E-state index < -0.39 is 28.5 Å². The first-order chi connectivity index (χ1) is 22.4. The number of carbonyl (C=O) groups is 2. The molecule has 8 nitrogen and oxygen atoms in total. The van der Waals surface area contributed by atoms with Gasteiger partial charge in [0.15, 0.2) is 0 Å². The van der Waals surface area contributed by atoms with Crippen molar-refractivity contribution in [2.24, 2.45) is 0 Å². The maximum absolute atomic E-state index is 14.7. The predicted octanol–water partition coefficient (Wildman–Crippen LogP) is 6.37. The summed E-state index contributed by atoms with van der Waals surface area (Å²) in [5.41, 5.74) is 4.63. The quantitative estimate of drug-likeness (QED) is 0.170. The van der Waals surface area contributed by atoms with Crippen molar-refractivity contribution in [2.75, 3.05) is 18.0 Å². The fourth-order valence-corrected chi connectivity index (χ4v) is 6.73. The molecule has 1 N–H and O–H groups in total. The molecule has 0 aliphatic rings. The van der Waals surface area contributed by atoms with E-state index in [2.05, 4.69) is 5.32 Å². The molecule has 0 bridgehead atoms. The molecule has 47 heavy (non-hydrogen) atoms. The van der Waals surface area contributed by atoms with Gasteiger partial charge in [-0.2, -0.15) is 0 Å². The lowest BCUT2D eigenvalue weighted by Gasteiger charge is -2.35. The van der Waals surface area contributed by atoms with E-state index in [1.165, 1.54) is 24.1 Å². The molecule has 4 aromatic rings. The third-order valence-corrected chi connectivity index (χ3v) is 10.1. The SMILES string of the molecule is CC[C@H](C)NC(=O)[C@@H](Cc1ccccc1)N(Cc1ccccc1C)C(=O)CN(c1cc(C)ccc1OC)S(=O)(=O)c1ccc(C)cc1. The highest BCUT2D eigenvalue weighted by molar-refractivity contribution is 7.92. The Hall–Kier alpha value is -4.63. The average molecular weight is 656 g/mol. The molecule has 0 aromatic heterocycles. The monoisotopic (exact) mass is 655 g/mol. The summed E-state index contributed by atoms with van der Waals surface area (Å²) in [5, 5.41) is 3.07. The Morgan fingerprint density at radius 2 is 1.49 bits per heavy atom. The van der Waals surface area contributed by atoms with Crippen LogP contribution in [-0.2, 0) is 32.6 Å². The minimum Gasteiger partial charge on any atom is -0.495 e. The number of hydrogen-bond acceptors (Lipinski definition) is 5. The van der Waals surface area contributed by atoms with Crippen LogP contribution in [0.2, 0.25) is 0 Å². The molecule has 0 radical (unpaired) electrons. The number of aryl methyl sites for hydroxylation is 3. The number of nitrogens with one attached hydrogen (secondary N) is 1. The van der Waals surface area contributed by atoms with E-state index in [1.54, 1.807) is 24.3 Å². The third kappa shape index (κ3) is 8.80. The molecule has 0 saturated heterocycles. The van der Waals surface area contributed by atoms with Gasteiger partial charge in [-0.3, -0.25) is 13.9 Å². The molecule has 4 aromatic carbocycles. The number of nitrogens with zero attached hydrogens (tertiary/aromatic N) is 2. The lowest BCUT2D eigenvalue weighted by Crippen LogP contribution is -2.54. The lowest BCUT2D eigenvalue weighted by molar-refractivity contribution is -0.140. The number of amides is 2. The van der Waals surface area contributed by atoms with Crippen molar-refractivity contribution in [2.45, 2.75) is 71.0 Å². The van der Waals surface area contributed by atoms with Crippen molar-refractivity contribution < 1.29 is 22.7 Å². The highest BCUT2D eigenvalue weighted by atomic mass is 32.2. The predicted molar refractivity (Wildman–Crippen MR) is 187 cm³/mol. The minimum atomic E-state index is -4.25. The molecule has 2 atom stereocenters. The van der Waals surface area contributed by atoms with Crippen molar-refractivity contribution in [1.29, 1.82) is 0 Å². The van der Waals surface area contributed by atoms with Gasteiger partial charge in [-0.25, -0.2) is 8.42 Å². The molecular formula is C38H45N3O5S. The number of benzene rings is 4. The van der Waals surface area contributed by atoms with Gasteiger partial charge in [0.1, 0.15) is 18.3 Å². The van der Waals surface area contributed by atoms with Crippen LogP contribution >= 0.6 is 0 Å². The van der Waals surface area contributed by atoms with Crippen molar-refractivity contribution in [3.8, 4) is 5.75 Å². The number of methoxy groups -OCH3 is 1. The van der Waals surface area contributed by atoms with Crippen LogP contribution in [0.5, 0.6) is 5.75 Å². The Morgan fingerprint density at radius 1 is 0.851 bits per heavy atom. The van der Waals surface area contributed by atoms with E-state index >= 15 is 0 Å². The zero-order chi connectivity index (χ0) is 34.1. The molecular weight excluding hydrogens is 611 g/mol. The second-order valence-electron chi connectivity index (χ2n) is 12.0. The number of rotatable bonds is 14. The maximum Gasteiger partial charge on any atom is 0.264 e. The van der Waals surface area contributed by atoms with Crippen molar-refractivity contribution in [1.82, 2.24) is 10.2 Å². The van der Waals surface area contributed by atoms with Gasteiger partial charge in [0.25, 0.3) is 10.0 Å². The molecule has 0 aliphatic carbocycles. The molecule has 0 saturated carbocycles. The van der Waals surface area contributed by atoms with E-state index in [9.17, 15) is 18.0 Å². The molecule has 0 unspecified atom stereocenters. The third-order valence-electron chi connectivity index (χ3n) is 8.36. The van der Waals surface area contributed by atoms with Gasteiger partial charge in [-0.1, -0.05) is 85.3 Å². The number of carbonyl (C=O) groups excluding carboxylic acids is 2. The Morgan fingerprint density at radius 3 is 2.13 bits per heavy atom. The standard InChI is InChI=1S/C38H45N3O5S/c1-7-30(5)39-38(43)35(24-31-14-9-8-10-15-31)40(25-32-16-12-11-13-29(32)4)37(42)26-41(34-23-28(3)19-22-36(34)46-6)47(44,45)33-20-17-27(2)18-21-33/h8-23,30,35H,7,24-26H2,1-6H3,(H,39,43)/t30-,35+/m0/s1. The van der Waals surface area contributed by atoms with E-state index in [0.29, 0.717) is 12.2 Å². The van der Waals surface area contributed by atoms with E-state index in [4.69, 9.17) is 4.74 Å². The molecule has 0 fully saturated rings. The van der Waals surface area contributed by atoms with Gasteiger partial charge >= 0.3 is 0 Å². The van der Waals surface area contributed by atoms with Crippen LogP contribution in [0.3, 0.4) is 0 Å². The Bertz CT molecular complexity index is 1780. The van der Waals surface area contributed by atoms with Gasteiger partial charge in [-0.15, -0.1) is 0 Å². The zero-order valence-corrected chi connectivity index (χ0v) is 28.9. The minimum absolute atomic E-state index is 0.0419. The number of hydrogen-bond donors (Lipinski definition) is 1. The first-order valence-corrected chi connectivity index (χ1v) is 17.3. The largest absolute Gasteiger partial charge is 0.495 e. The number of anilines is 1. The highest BCUT2D eigenvalue weighted by Gasteiger charge is 2.36. The summed E-state index contributed by atoms with van der Waals surface area (Å²) in [6, 6.07) is 27.9. The van der Waals surface area contributed by atoms with Gasteiger partial charge in [0.05, 0.1) is 17.7 Å². The van der Waals surface area contributed by atoms with Crippen LogP contribution in [0.25, 0.3) is 0 Å².